The molecule has 104 valence electrons. The number of nitrogens with one attached hydrogen (secondary N) is 2. The molecular formula is C14H14N2O3S. The van der Waals surface area contributed by atoms with Crippen LogP contribution in [-0.4, -0.2) is 26.9 Å². The van der Waals surface area contributed by atoms with Gasteiger partial charge in [0.1, 0.15) is 0 Å². The van der Waals surface area contributed by atoms with Gasteiger partial charge in [0.2, 0.25) is 15.9 Å². The molecule has 1 amide bonds. The van der Waals surface area contributed by atoms with E-state index in [0.717, 1.165) is 10.8 Å². The number of carbonyl (C=O) groups is 1. The van der Waals surface area contributed by atoms with Crippen LogP contribution in [0.1, 0.15) is 6.42 Å². The zero-order chi connectivity index (χ0) is 14.2. The molecule has 0 saturated carbocycles. The maximum absolute atomic E-state index is 12.3. The lowest BCUT2D eigenvalue weighted by atomic mass is 10.1. The van der Waals surface area contributed by atoms with E-state index >= 15 is 0 Å². The van der Waals surface area contributed by atoms with Crippen molar-refractivity contribution in [2.45, 2.75) is 17.4 Å². The summed E-state index contributed by atoms with van der Waals surface area (Å²) >= 11 is 0. The zero-order valence-electron chi connectivity index (χ0n) is 10.7. The lowest BCUT2D eigenvalue weighted by molar-refractivity contribution is -0.119. The number of rotatable bonds is 3. The molecule has 3 rings (SSSR count). The average molecular weight is 290 g/mol. The van der Waals surface area contributed by atoms with Gasteiger partial charge in [-0.2, -0.15) is 0 Å². The second kappa shape index (κ2) is 4.88. The highest BCUT2D eigenvalue weighted by atomic mass is 32.2. The first kappa shape index (κ1) is 13.1. The second-order valence-electron chi connectivity index (χ2n) is 4.84. The third-order valence-electron chi connectivity index (χ3n) is 3.33. The van der Waals surface area contributed by atoms with Crippen molar-refractivity contribution in [1.82, 2.24) is 10.0 Å². The Balaban J connectivity index is 1.90. The molecule has 2 aromatic rings. The molecule has 6 heteroatoms. The van der Waals surface area contributed by atoms with Crippen LogP contribution in [0.4, 0.5) is 0 Å². The van der Waals surface area contributed by atoms with Crippen molar-refractivity contribution in [2.75, 3.05) is 6.54 Å². The van der Waals surface area contributed by atoms with Crippen LogP contribution in [0.2, 0.25) is 0 Å². The van der Waals surface area contributed by atoms with Gasteiger partial charge in [0.05, 0.1) is 4.90 Å². The first-order valence-corrected chi connectivity index (χ1v) is 7.81. The number of hydrogen-bond acceptors (Lipinski definition) is 3. The van der Waals surface area contributed by atoms with E-state index in [1.54, 1.807) is 18.2 Å². The minimum atomic E-state index is -3.60. The topological polar surface area (TPSA) is 75.3 Å². The molecule has 1 heterocycles. The Morgan fingerprint density at radius 3 is 2.55 bits per heavy atom. The number of fused-ring (bicyclic) bond motifs is 1. The van der Waals surface area contributed by atoms with Crippen LogP contribution in [0.3, 0.4) is 0 Å². The van der Waals surface area contributed by atoms with Crippen molar-refractivity contribution in [1.29, 1.82) is 0 Å². The van der Waals surface area contributed by atoms with Crippen molar-refractivity contribution < 1.29 is 13.2 Å². The van der Waals surface area contributed by atoms with Crippen molar-refractivity contribution in [3.8, 4) is 0 Å². The second-order valence-corrected chi connectivity index (χ2v) is 6.55. The van der Waals surface area contributed by atoms with E-state index in [-0.39, 0.29) is 23.3 Å². The Morgan fingerprint density at radius 1 is 1.10 bits per heavy atom. The number of hydrogen-bond donors (Lipinski definition) is 2. The molecule has 0 radical (unpaired) electrons. The molecule has 1 fully saturated rings. The molecule has 1 saturated heterocycles. The molecule has 2 aromatic carbocycles. The quantitative estimate of drug-likeness (QED) is 0.885. The van der Waals surface area contributed by atoms with E-state index in [2.05, 4.69) is 10.0 Å². The largest absolute Gasteiger partial charge is 0.354 e. The van der Waals surface area contributed by atoms with Crippen LogP contribution in [0.15, 0.2) is 47.4 Å². The Bertz CT molecular complexity index is 771. The summed E-state index contributed by atoms with van der Waals surface area (Å²) in [5.41, 5.74) is 0. The minimum Gasteiger partial charge on any atom is -0.354 e. The van der Waals surface area contributed by atoms with Crippen molar-refractivity contribution in [2.24, 2.45) is 0 Å². The Labute approximate surface area is 117 Å². The standard InChI is InChI=1S/C14H14N2O3S/c17-14-8-12(9-15-14)16-20(18,19)13-6-5-10-3-1-2-4-11(10)7-13/h1-7,12,16H,8-9H2,(H,15,17)/t12-/m0/s1. The summed E-state index contributed by atoms with van der Waals surface area (Å²) in [6.07, 6.45) is 0.187. The van der Waals surface area contributed by atoms with Crippen LogP contribution in [0, 0.1) is 0 Å². The Morgan fingerprint density at radius 2 is 1.85 bits per heavy atom. The fraction of sp³-hybridized carbons (Fsp3) is 0.214. The highest BCUT2D eigenvalue weighted by Gasteiger charge is 2.26. The minimum absolute atomic E-state index is 0.129. The van der Waals surface area contributed by atoms with Crippen LogP contribution in [0.25, 0.3) is 10.8 Å². The van der Waals surface area contributed by atoms with Crippen LogP contribution < -0.4 is 10.0 Å². The van der Waals surface area contributed by atoms with Crippen molar-refractivity contribution in [3.63, 3.8) is 0 Å². The van der Waals surface area contributed by atoms with Gasteiger partial charge in [0.15, 0.2) is 0 Å². The normalized spacial score (nSPS) is 19.2. The molecule has 0 unspecified atom stereocenters. The Kier molecular flexibility index (Phi) is 3.19. The highest BCUT2D eigenvalue weighted by molar-refractivity contribution is 7.89. The third kappa shape index (κ3) is 2.52. The molecule has 1 aliphatic rings. The fourth-order valence-corrected chi connectivity index (χ4v) is 3.58. The number of carbonyl (C=O) groups excluding carboxylic acids is 1. The molecular weight excluding hydrogens is 276 g/mol. The summed E-state index contributed by atoms with van der Waals surface area (Å²) in [6.45, 7) is 0.339. The molecule has 0 aliphatic carbocycles. The highest BCUT2D eigenvalue weighted by Crippen LogP contribution is 2.19. The fourth-order valence-electron chi connectivity index (χ4n) is 2.31. The molecule has 0 spiro atoms. The van der Waals surface area contributed by atoms with Crippen molar-refractivity contribution in [3.05, 3.63) is 42.5 Å². The lowest BCUT2D eigenvalue weighted by Crippen LogP contribution is -2.36. The third-order valence-corrected chi connectivity index (χ3v) is 4.85. The van der Waals surface area contributed by atoms with Crippen LogP contribution in [-0.2, 0) is 14.8 Å². The maximum atomic E-state index is 12.3. The number of sulfonamides is 1. The van der Waals surface area contributed by atoms with Gasteiger partial charge in [0.25, 0.3) is 0 Å². The van der Waals surface area contributed by atoms with E-state index in [4.69, 9.17) is 0 Å². The summed E-state index contributed by atoms with van der Waals surface area (Å²) in [5, 5.41) is 4.47. The smallest absolute Gasteiger partial charge is 0.240 e. The molecule has 0 aromatic heterocycles. The van der Waals surface area contributed by atoms with Gasteiger partial charge in [-0.25, -0.2) is 13.1 Å². The van der Waals surface area contributed by atoms with E-state index in [1.165, 1.54) is 0 Å². The SMILES string of the molecule is O=C1C[C@H](NS(=O)(=O)c2ccc3ccccc3c2)CN1. The summed E-state index contributed by atoms with van der Waals surface area (Å²) in [6, 6.07) is 12.2. The van der Waals surface area contributed by atoms with Gasteiger partial charge in [0, 0.05) is 19.0 Å². The number of amides is 1. The molecule has 20 heavy (non-hydrogen) atoms. The predicted molar refractivity (Wildman–Crippen MR) is 75.7 cm³/mol. The summed E-state index contributed by atoms with van der Waals surface area (Å²) in [7, 11) is -3.60. The molecule has 5 nitrogen and oxygen atoms in total. The average Bonchev–Trinajstić information content (AvgIpc) is 2.83. The van der Waals surface area contributed by atoms with E-state index in [1.807, 2.05) is 24.3 Å². The summed E-state index contributed by atoms with van der Waals surface area (Å²) in [4.78, 5) is 11.3. The van der Waals surface area contributed by atoms with Crippen LogP contribution >= 0.6 is 0 Å². The van der Waals surface area contributed by atoms with Crippen molar-refractivity contribution >= 4 is 26.7 Å². The molecule has 1 aliphatic heterocycles. The predicted octanol–water partition coefficient (Wildman–Crippen LogP) is 1.01. The van der Waals surface area contributed by atoms with E-state index in [0.29, 0.717) is 6.54 Å². The van der Waals surface area contributed by atoms with Gasteiger partial charge in [-0.3, -0.25) is 4.79 Å². The van der Waals surface area contributed by atoms with Gasteiger partial charge < -0.3 is 5.32 Å². The Hall–Kier alpha value is -1.92. The first-order valence-electron chi connectivity index (χ1n) is 6.32. The maximum Gasteiger partial charge on any atom is 0.240 e. The lowest BCUT2D eigenvalue weighted by Gasteiger charge is -2.11. The summed E-state index contributed by atoms with van der Waals surface area (Å²) < 4.78 is 27.1. The van der Waals surface area contributed by atoms with Gasteiger partial charge in [-0.1, -0.05) is 30.3 Å². The summed E-state index contributed by atoms with van der Waals surface area (Å²) in [5.74, 6) is -0.129. The van der Waals surface area contributed by atoms with E-state index in [9.17, 15) is 13.2 Å². The van der Waals surface area contributed by atoms with Gasteiger partial charge in [-0.05, 0) is 22.9 Å². The molecule has 1 atom stereocenters. The van der Waals surface area contributed by atoms with E-state index < -0.39 is 10.0 Å². The molecule has 2 N–H and O–H groups in total. The monoisotopic (exact) mass is 290 g/mol. The number of benzene rings is 2. The zero-order valence-corrected chi connectivity index (χ0v) is 11.5. The van der Waals surface area contributed by atoms with Gasteiger partial charge >= 0.3 is 0 Å². The van der Waals surface area contributed by atoms with Crippen LogP contribution in [0.5, 0.6) is 0 Å². The van der Waals surface area contributed by atoms with Gasteiger partial charge in [-0.15, -0.1) is 0 Å². The first-order chi connectivity index (χ1) is 9.54. The molecule has 0 bridgehead atoms.